The van der Waals surface area contributed by atoms with Gasteiger partial charge in [0.05, 0.1) is 5.75 Å². The number of ketones is 1. The van der Waals surface area contributed by atoms with Crippen LogP contribution >= 0.6 is 11.8 Å². The molecule has 1 fully saturated rings. The first-order valence-electron chi connectivity index (χ1n) is 11.8. The summed E-state index contributed by atoms with van der Waals surface area (Å²) < 4.78 is 2.18. The third-order valence-electron chi connectivity index (χ3n) is 6.24. The number of rotatable bonds is 8. The molecule has 1 saturated carbocycles. The van der Waals surface area contributed by atoms with Gasteiger partial charge in [-0.1, -0.05) is 48.2 Å². The van der Waals surface area contributed by atoms with Crippen LogP contribution in [0, 0.1) is 0 Å². The largest absolute Gasteiger partial charge is 0.360 e. The lowest BCUT2D eigenvalue weighted by Gasteiger charge is -2.09. The Morgan fingerprint density at radius 2 is 1.67 bits per heavy atom. The summed E-state index contributed by atoms with van der Waals surface area (Å²) in [6, 6.07) is 24.5. The summed E-state index contributed by atoms with van der Waals surface area (Å²) in [5.74, 6) is 0.910. The second-order valence-corrected chi connectivity index (χ2v) is 9.71. The maximum Gasteiger partial charge on any atom is 0.255 e. The molecule has 0 radical (unpaired) electrons. The number of carbonyl (C=O) groups is 2. The zero-order chi connectivity index (χ0) is 24.5. The van der Waals surface area contributed by atoms with Gasteiger partial charge in [0.15, 0.2) is 16.8 Å². The van der Waals surface area contributed by atoms with Crippen LogP contribution < -0.4 is 5.32 Å². The second-order valence-electron chi connectivity index (χ2n) is 8.76. The fourth-order valence-corrected chi connectivity index (χ4v) is 5.12. The molecule has 2 N–H and O–H groups in total. The monoisotopic (exact) mass is 493 g/mol. The van der Waals surface area contributed by atoms with Gasteiger partial charge in [0.25, 0.3) is 5.91 Å². The van der Waals surface area contributed by atoms with E-state index in [4.69, 9.17) is 0 Å². The SMILES string of the molecule is O=C(CSc1nnc(-c2c[nH]c3ccccc23)n1C1CC1)c1ccc(NC(=O)c2ccccc2)cc1. The number of para-hydroxylation sites is 1. The number of aromatic nitrogens is 4. The molecule has 5 aromatic rings. The molecule has 0 saturated heterocycles. The van der Waals surface area contributed by atoms with E-state index in [1.165, 1.54) is 11.8 Å². The van der Waals surface area contributed by atoms with Gasteiger partial charge in [0.1, 0.15) is 0 Å². The molecule has 0 bridgehead atoms. The van der Waals surface area contributed by atoms with E-state index in [1.54, 1.807) is 36.4 Å². The molecule has 0 atom stereocenters. The third-order valence-corrected chi connectivity index (χ3v) is 7.18. The minimum Gasteiger partial charge on any atom is -0.360 e. The number of amides is 1. The second kappa shape index (κ2) is 9.47. The van der Waals surface area contributed by atoms with Crippen molar-refractivity contribution in [2.45, 2.75) is 24.0 Å². The molecule has 0 spiro atoms. The fourth-order valence-electron chi connectivity index (χ4n) is 4.22. The van der Waals surface area contributed by atoms with Crippen LogP contribution in [0.15, 0.2) is 90.2 Å². The summed E-state index contributed by atoms with van der Waals surface area (Å²) in [5, 5.41) is 13.7. The summed E-state index contributed by atoms with van der Waals surface area (Å²) >= 11 is 1.41. The van der Waals surface area contributed by atoms with E-state index in [1.807, 2.05) is 42.6 Å². The zero-order valence-corrected chi connectivity index (χ0v) is 20.2. The third kappa shape index (κ3) is 4.43. The van der Waals surface area contributed by atoms with Gasteiger partial charge in [-0.15, -0.1) is 10.2 Å². The molecule has 36 heavy (non-hydrogen) atoms. The average Bonchev–Trinajstić information content (AvgIpc) is 3.53. The van der Waals surface area contributed by atoms with Crippen molar-refractivity contribution in [2.75, 3.05) is 11.1 Å². The van der Waals surface area contributed by atoms with E-state index in [9.17, 15) is 9.59 Å². The van der Waals surface area contributed by atoms with Crippen LogP contribution in [0.1, 0.15) is 39.6 Å². The van der Waals surface area contributed by atoms with Gasteiger partial charge in [0, 0.05) is 45.5 Å². The maximum absolute atomic E-state index is 12.9. The molecule has 7 nitrogen and oxygen atoms in total. The molecular formula is C28H23N5O2S. The lowest BCUT2D eigenvalue weighted by molar-refractivity contribution is 0.101. The Morgan fingerprint density at radius 1 is 0.917 bits per heavy atom. The van der Waals surface area contributed by atoms with E-state index in [-0.39, 0.29) is 17.4 Å². The van der Waals surface area contributed by atoms with Gasteiger partial charge in [-0.3, -0.25) is 14.2 Å². The highest BCUT2D eigenvalue weighted by atomic mass is 32.2. The number of H-pyrrole nitrogens is 1. The van der Waals surface area contributed by atoms with E-state index in [0.29, 0.717) is 22.9 Å². The van der Waals surface area contributed by atoms with Gasteiger partial charge in [-0.25, -0.2) is 0 Å². The zero-order valence-electron chi connectivity index (χ0n) is 19.3. The highest BCUT2D eigenvalue weighted by molar-refractivity contribution is 7.99. The smallest absolute Gasteiger partial charge is 0.255 e. The van der Waals surface area contributed by atoms with Gasteiger partial charge in [-0.2, -0.15) is 0 Å². The molecule has 178 valence electrons. The predicted octanol–water partition coefficient (Wildman–Crippen LogP) is 5.99. The number of fused-ring (bicyclic) bond motifs is 1. The van der Waals surface area contributed by atoms with E-state index in [2.05, 4.69) is 31.1 Å². The van der Waals surface area contributed by atoms with Crippen molar-refractivity contribution < 1.29 is 9.59 Å². The standard InChI is InChI=1S/C28H23N5O2S/c34-25(18-10-12-20(13-11-18)30-27(35)19-6-2-1-3-7-19)17-36-28-32-31-26(33(28)21-14-15-21)23-16-29-24-9-5-4-8-22(23)24/h1-13,16,21,29H,14-15,17H2,(H,30,35). The maximum atomic E-state index is 12.9. The van der Waals surface area contributed by atoms with E-state index < -0.39 is 0 Å². The Hall–Kier alpha value is -4.17. The van der Waals surface area contributed by atoms with Gasteiger partial charge in [0.2, 0.25) is 0 Å². The Labute approximate surface area is 212 Å². The minimum absolute atomic E-state index is 0.0000675. The van der Waals surface area contributed by atoms with Crippen molar-refractivity contribution in [1.82, 2.24) is 19.7 Å². The molecule has 0 aliphatic heterocycles. The van der Waals surface area contributed by atoms with Crippen LogP contribution in [0.3, 0.4) is 0 Å². The first kappa shape index (κ1) is 22.3. The van der Waals surface area contributed by atoms with Crippen molar-refractivity contribution in [3.63, 3.8) is 0 Å². The van der Waals surface area contributed by atoms with Crippen LogP contribution in [0.2, 0.25) is 0 Å². The fraction of sp³-hybridized carbons (Fsp3) is 0.143. The van der Waals surface area contributed by atoms with Crippen molar-refractivity contribution in [3.05, 3.63) is 96.2 Å². The van der Waals surface area contributed by atoms with E-state index >= 15 is 0 Å². The molecular weight excluding hydrogens is 470 g/mol. The number of thioether (sulfide) groups is 1. The summed E-state index contributed by atoms with van der Waals surface area (Å²) in [5.41, 5.74) is 3.90. The number of carbonyl (C=O) groups excluding carboxylic acids is 2. The topological polar surface area (TPSA) is 92.7 Å². The van der Waals surface area contributed by atoms with Gasteiger partial charge in [-0.05, 0) is 55.3 Å². The molecule has 1 aliphatic rings. The quantitative estimate of drug-likeness (QED) is 0.205. The Bertz CT molecular complexity index is 1550. The number of hydrogen-bond acceptors (Lipinski definition) is 5. The van der Waals surface area contributed by atoms with E-state index in [0.717, 1.165) is 40.3 Å². The number of benzene rings is 3. The number of anilines is 1. The molecule has 6 rings (SSSR count). The van der Waals surface area contributed by atoms with Crippen molar-refractivity contribution in [1.29, 1.82) is 0 Å². The summed E-state index contributed by atoms with van der Waals surface area (Å²) in [4.78, 5) is 28.6. The summed E-state index contributed by atoms with van der Waals surface area (Å²) in [7, 11) is 0. The lowest BCUT2D eigenvalue weighted by atomic mass is 10.1. The molecule has 3 aromatic carbocycles. The summed E-state index contributed by atoms with van der Waals surface area (Å²) in [6.07, 6.45) is 4.15. The Morgan fingerprint density at radius 3 is 2.44 bits per heavy atom. The minimum atomic E-state index is -0.185. The van der Waals surface area contributed by atoms with Gasteiger partial charge >= 0.3 is 0 Å². The normalized spacial score (nSPS) is 13.1. The first-order valence-corrected chi connectivity index (χ1v) is 12.8. The molecule has 1 aliphatic carbocycles. The average molecular weight is 494 g/mol. The number of nitrogens with zero attached hydrogens (tertiary/aromatic N) is 3. The van der Waals surface area contributed by atoms with Crippen molar-refractivity contribution in [2.24, 2.45) is 0 Å². The van der Waals surface area contributed by atoms with Crippen LogP contribution in [0.4, 0.5) is 5.69 Å². The van der Waals surface area contributed by atoms with Crippen LogP contribution in [-0.4, -0.2) is 37.2 Å². The first-order chi connectivity index (χ1) is 17.7. The molecule has 1 amide bonds. The highest BCUT2D eigenvalue weighted by Gasteiger charge is 2.31. The van der Waals surface area contributed by atoms with Gasteiger partial charge < -0.3 is 10.3 Å². The van der Waals surface area contributed by atoms with Crippen LogP contribution in [0.5, 0.6) is 0 Å². The van der Waals surface area contributed by atoms with Crippen molar-refractivity contribution in [3.8, 4) is 11.4 Å². The number of Topliss-reactive ketones (excluding diaryl/α,β-unsaturated/α-hetero) is 1. The summed E-state index contributed by atoms with van der Waals surface area (Å²) in [6.45, 7) is 0. The highest BCUT2D eigenvalue weighted by Crippen LogP contribution is 2.42. The van der Waals surface area contributed by atoms with Crippen molar-refractivity contribution >= 4 is 40.0 Å². The molecule has 8 heteroatoms. The molecule has 2 heterocycles. The number of hydrogen-bond donors (Lipinski definition) is 2. The predicted molar refractivity (Wildman–Crippen MR) is 141 cm³/mol. The molecule has 0 unspecified atom stereocenters. The number of nitrogens with one attached hydrogen (secondary N) is 2. The number of aromatic amines is 1. The van der Waals surface area contributed by atoms with Crippen LogP contribution in [-0.2, 0) is 0 Å². The molecule has 2 aromatic heterocycles. The Balaban J connectivity index is 1.15. The Kier molecular flexibility index (Phi) is 5.87. The van der Waals surface area contributed by atoms with Crippen LogP contribution in [0.25, 0.3) is 22.3 Å². The lowest BCUT2D eigenvalue weighted by Crippen LogP contribution is -2.12.